The maximum atomic E-state index is 3.51. The Morgan fingerprint density at radius 1 is 1.00 bits per heavy atom. The number of nitrogens with zero attached hydrogens (tertiary/aromatic N) is 1. The number of benzene rings is 2. The van der Waals surface area contributed by atoms with Gasteiger partial charge in [0.15, 0.2) is 0 Å². The van der Waals surface area contributed by atoms with Crippen LogP contribution in [-0.2, 0) is 13.1 Å². The molecule has 1 saturated carbocycles. The van der Waals surface area contributed by atoms with Crippen molar-refractivity contribution in [1.29, 1.82) is 0 Å². The Kier molecular flexibility index (Phi) is 4.26. The molecule has 0 radical (unpaired) electrons. The summed E-state index contributed by atoms with van der Waals surface area (Å²) in [5.74, 6) is 0.829. The van der Waals surface area contributed by atoms with Gasteiger partial charge in [0.05, 0.1) is 0 Å². The van der Waals surface area contributed by atoms with Crippen molar-refractivity contribution in [2.45, 2.75) is 31.8 Å². The van der Waals surface area contributed by atoms with E-state index in [0.29, 0.717) is 0 Å². The van der Waals surface area contributed by atoms with Gasteiger partial charge in [-0.1, -0.05) is 36.4 Å². The average molecular weight is 280 g/mol. The lowest BCUT2D eigenvalue weighted by Gasteiger charge is -2.11. The molecular formula is C19H24N2. The first-order valence-electron chi connectivity index (χ1n) is 7.77. The van der Waals surface area contributed by atoms with Crippen LogP contribution in [0.15, 0.2) is 48.5 Å². The quantitative estimate of drug-likeness (QED) is 0.851. The first-order valence-corrected chi connectivity index (χ1v) is 7.77. The van der Waals surface area contributed by atoms with Crippen LogP contribution < -0.4 is 5.32 Å². The summed E-state index contributed by atoms with van der Waals surface area (Å²) in [4.78, 5) is 2.19. The summed E-state index contributed by atoms with van der Waals surface area (Å²) in [6, 6.07) is 17.7. The van der Waals surface area contributed by atoms with Crippen molar-refractivity contribution in [3.8, 4) is 0 Å². The summed E-state index contributed by atoms with van der Waals surface area (Å²) in [5, 5.41) is 3.51. The zero-order valence-corrected chi connectivity index (χ0v) is 13.0. The Hall–Kier alpha value is -1.80. The number of nitrogens with one attached hydrogen (secondary N) is 1. The lowest BCUT2D eigenvalue weighted by atomic mass is 10.1. The smallest absolute Gasteiger partial charge is 0.0400 e. The lowest BCUT2D eigenvalue weighted by Crippen LogP contribution is -2.10. The van der Waals surface area contributed by atoms with Crippen molar-refractivity contribution in [2.75, 3.05) is 19.4 Å². The standard InChI is InChI=1S/C19H24N2/c1-21(2)14-15-6-10-19(11-7-15)20-13-16-4-3-5-18(12-16)17-8-9-17/h3-7,10-12,17,20H,8-9,13-14H2,1-2H3. The molecule has 1 fully saturated rings. The maximum Gasteiger partial charge on any atom is 0.0400 e. The lowest BCUT2D eigenvalue weighted by molar-refractivity contribution is 0.402. The molecule has 3 rings (SSSR count). The third kappa shape index (κ3) is 4.08. The molecule has 2 aromatic carbocycles. The van der Waals surface area contributed by atoms with E-state index < -0.39 is 0 Å². The fourth-order valence-corrected chi connectivity index (χ4v) is 2.67. The second kappa shape index (κ2) is 6.31. The van der Waals surface area contributed by atoms with E-state index >= 15 is 0 Å². The van der Waals surface area contributed by atoms with E-state index in [0.717, 1.165) is 19.0 Å². The van der Waals surface area contributed by atoms with Crippen molar-refractivity contribution in [3.05, 3.63) is 65.2 Å². The van der Waals surface area contributed by atoms with Gasteiger partial charge in [0.2, 0.25) is 0 Å². The van der Waals surface area contributed by atoms with Crippen molar-refractivity contribution < 1.29 is 0 Å². The van der Waals surface area contributed by atoms with Crippen molar-refractivity contribution >= 4 is 5.69 Å². The van der Waals surface area contributed by atoms with E-state index in [1.807, 2.05) is 0 Å². The summed E-state index contributed by atoms with van der Waals surface area (Å²) in [6.07, 6.45) is 2.73. The van der Waals surface area contributed by atoms with E-state index in [-0.39, 0.29) is 0 Å². The van der Waals surface area contributed by atoms with Crippen LogP contribution >= 0.6 is 0 Å². The largest absolute Gasteiger partial charge is 0.381 e. The summed E-state index contributed by atoms with van der Waals surface area (Å²) in [7, 11) is 4.19. The number of rotatable bonds is 6. The van der Waals surface area contributed by atoms with E-state index in [1.165, 1.54) is 35.2 Å². The number of hydrogen-bond donors (Lipinski definition) is 1. The molecule has 0 saturated heterocycles. The average Bonchev–Trinajstić information content (AvgIpc) is 3.31. The zero-order chi connectivity index (χ0) is 14.7. The highest BCUT2D eigenvalue weighted by atomic mass is 15.0. The SMILES string of the molecule is CN(C)Cc1ccc(NCc2cccc(C3CC3)c2)cc1. The van der Waals surface area contributed by atoms with Gasteiger partial charge in [-0.15, -0.1) is 0 Å². The molecule has 1 aliphatic carbocycles. The van der Waals surface area contributed by atoms with Crippen LogP contribution in [-0.4, -0.2) is 19.0 Å². The van der Waals surface area contributed by atoms with Crippen LogP contribution in [0.5, 0.6) is 0 Å². The predicted molar refractivity (Wildman–Crippen MR) is 89.6 cm³/mol. The molecule has 2 aromatic rings. The molecule has 0 aromatic heterocycles. The second-order valence-electron chi connectivity index (χ2n) is 6.31. The number of anilines is 1. The fraction of sp³-hybridized carbons (Fsp3) is 0.368. The van der Waals surface area contributed by atoms with Gasteiger partial charge in [0.25, 0.3) is 0 Å². The van der Waals surface area contributed by atoms with Crippen LogP contribution in [0.3, 0.4) is 0 Å². The van der Waals surface area contributed by atoms with Gasteiger partial charge in [0.1, 0.15) is 0 Å². The van der Waals surface area contributed by atoms with E-state index in [9.17, 15) is 0 Å². The van der Waals surface area contributed by atoms with Gasteiger partial charge >= 0.3 is 0 Å². The van der Waals surface area contributed by atoms with Crippen LogP contribution in [0, 0.1) is 0 Å². The van der Waals surface area contributed by atoms with Crippen molar-refractivity contribution in [2.24, 2.45) is 0 Å². The molecule has 0 unspecified atom stereocenters. The Morgan fingerprint density at radius 3 is 2.43 bits per heavy atom. The molecule has 110 valence electrons. The van der Waals surface area contributed by atoms with Crippen molar-refractivity contribution in [3.63, 3.8) is 0 Å². The fourth-order valence-electron chi connectivity index (χ4n) is 2.67. The monoisotopic (exact) mass is 280 g/mol. The van der Waals surface area contributed by atoms with Gasteiger partial charge in [-0.2, -0.15) is 0 Å². The minimum atomic E-state index is 0.829. The highest BCUT2D eigenvalue weighted by Crippen LogP contribution is 2.40. The molecule has 2 nitrogen and oxygen atoms in total. The second-order valence-corrected chi connectivity index (χ2v) is 6.31. The van der Waals surface area contributed by atoms with Gasteiger partial charge < -0.3 is 10.2 Å². The van der Waals surface area contributed by atoms with Crippen LogP contribution in [0.25, 0.3) is 0 Å². The molecule has 0 spiro atoms. The normalized spacial score (nSPS) is 14.4. The van der Waals surface area contributed by atoms with Gasteiger partial charge in [0, 0.05) is 18.8 Å². The molecular weight excluding hydrogens is 256 g/mol. The van der Waals surface area contributed by atoms with E-state index in [1.54, 1.807) is 0 Å². The summed E-state index contributed by atoms with van der Waals surface area (Å²) < 4.78 is 0. The third-order valence-corrected chi connectivity index (χ3v) is 3.95. The number of hydrogen-bond acceptors (Lipinski definition) is 2. The molecule has 0 amide bonds. The van der Waals surface area contributed by atoms with Crippen LogP contribution in [0.4, 0.5) is 5.69 Å². The first-order chi connectivity index (χ1) is 10.2. The third-order valence-electron chi connectivity index (χ3n) is 3.95. The Balaban J connectivity index is 1.58. The topological polar surface area (TPSA) is 15.3 Å². The molecule has 1 aliphatic rings. The summed E-state index contributed by atoms with van der Waals surface area (Å²) in [5.41, 5.74) is 5.42. The zero-order valence-electron chi connectivity index (χ0n) is 13.0. The van der Waals surface area contributed by atoms with Gasteiger partial charge in [-0.25, -0.2) is 0 Å². The molecule has 0 heterocycles. The molecule has 0 aliphatic heterocycles. The Labute approximate surface area is 127 Å². The first kappa shape index (κ1) is 14.2. The summed E-state index contributed by atoms with van der Waals surface area (Å²) >= 11 is 0. The molecule has 21 heavy (non-hydrogen) atoms. The summed E-state index contributed by atoms with van der Waals surface area (Å²) in [6.45, 7) is 1.89. The van der Waals surface area contributed by atoms with Gasteiger partial charge in [-0.05, 0) is 61.7 Å². The van der Waals surface area contributed by atoms with E-state index in [2.05, 4.69) is 72.8 Å². The van der Waals surface area contributed by atoms with Crippen LogP contribution in [0.1, 0.15) is 35.4 Å². The van der Waals surface area contributed by atoms with Crippen LogP contribution in [0.2, 0.25) is 0 Å². The maximum absolute atomic E-state index is 3.51. The molecule has 2 heteroatoms. The van der Waals surface area contributed by atoms with E-state index in [4.69, 9.17) is 0 Å². The van der Waals surface area contributed by atoms with Gasteiger partial charge in [-0.3, -0.25) is 0 Å². The molecule has 0 atom stereocenters. The van der Waals surface area contributed by atoms with Crippen molar-refractivity contribution in [1.82, 2.24) is 4.90 Å². The Morgan fingerprint density at radius 2 is 1.76 bits per heavy atom. The predicted octanol–water partition coefficient (Wildman–Crippen LogP) is 4.24. The Bertz CT molecular complexity index is 583. The molecule has 1 N–H and O–H groups in total. The minimum absolute atomic E-state index is 0.829. The minimum Gasteiger partial charge on any atom is -0.381 e. The highest BCUT2D eigenvalue weighted by molar-refractivity contribution is 5.45. The highest BCUT2D eigenvalue weighted by Gasteiger charge is 2.23. The molecule has 0 bridgehead atoms.